The Morgan fingerprint density at radius 1 is 0.931 bits per heavy atom. The maximum atomic E-state index is 13.2. The van der Waals surface area contributed by atoms with Crippen LogP contribution < -0.4 is 14.4 Å². The molecule has 0 radical (unpaired) electrons. The number of sulfonamides is 1. The minimum Gasteiger partial charge on any atom is -0.497 e. The Morgan fingerprint density at radius 3 is 2.21 bits per heavy atom. The van der Waals surface area contributed by atoms with Crippen LogP contribution in [0.15, 0.2) is 35.2 Å². The average molecular weight is 419 g/mol. The van der Waals surface area contributed by atoms with Gasteiger partial charge in [-0.25, -0.2) is 8.42 Å². The number of rotatable bonds is 6. The van der Waals surface area contributed by atoms with Crippen molar-refractivity contribution in [2.75, 3.05) is 45.3 Å². The van der Waals surface area contributed by atoms with Gasteiger partial charge in [-0.2, -0.15) is 4.31 Å². The number of hydrogen-bond acceptors (Lipinski definition) is 6. The van der Waals surface area contributed by atoms with Gasteiger partial charge in [0.2, 0.25) is 10.0 Å². The molecule has 1 saturated heterocycles. The summed E-state index contributed by atoms with van der Waals surface area (Å²) in [5.41, 5.74) is 3.63. The molecule has 0 bridgehead atoms. The summed E-state index contributed by atoms with van der Waals surface area (Å²) >= 11 is 0. The second kappa shape index (κ2) is 8.42. The zero-order valence-corrected chi connectivity index (χ0v) is 18.0. The molecule has 1 aliphatic heterocycles. The lowest BCUT2D eigenvalue weighted by Gasteiger charge is -2.36. The maximum absolute atomic E-state index is 13.2. The SMILES string of the molecule is COc1ccc(OC)c(S(=O)(=O)N2CCN(c3cc(C)c(C=O)cc3C)CC2)c1. The first-order chi connectivity index (χ1) is 13.8. The smallest absolute Gasteiger partial charge is 0.247 e. The van der Waals surface area contributed by atoms with Crippen molar-refractivity contribution < 1.29 is 22.7 Å². The first kappa shape index (κ1) is 21.1. The van der Waals surface area contributed by atoms with Gasteiger partial charge < -0.3 is 14.4 Å². The Balaban J connectivity index is 1.82. The molecule has 3 rings (SSSR count). The Morgan fingerprint density at radius 2 is 1.62 bits per heavy atom. The van der Waals surface area contributed by atoms with Crippen molar-refractivity contribution in [2.45, 2.75) is 18.7 Å². The molecule has 0 amide bonds. The summed E-state index contributed by atoms with van der Waals surface area (Å²) in [5.74, 6) is 0.758. The zero-order chi connectivity index (χ0) is 21.2. The number of carbonyl (C=O) groups is 1. The molecule has 2 aromatic carbocycles. The molecule has 8 heteroatoms. The molecule has 156 valence electrons. The van der Waals surface area contributed by atoms with Gasteiger partial charge in [0.1, 0.15) is 22.7 Å². The Hall–Kier alpha value is -2.58. The highest BCUT2D eigenvalue weighted by Gasteiger charge is 2.31. The molecule has 0 unspecified atom stereocenters. The number of aldehydes is 1. The van der Waals surface area contributed by atoms with E-state index in [1.54, 1.807) is 12.1 Å². The van der Waals surface area contributed by atoms with Crippen LogP contribution in [0, 0.1) is 13.8 Å². The van der Waals surface area contributed by atoms with Crippen molar-refractivity contribution in [2.24, 2.45) is 0 Å². The Kier molecular flexibility index (Phi) is 6.14. The molecule has 1 heterocycles. The standard InChI is InChI=1S/C21H26N2O5S/c1-15-12-19(16(2)11-17(15)14-24)22-7-9-23(10-8-22)29(25,26)21-13-18(27-3)5-6-20(21)28-4/h5-6,11-14H,7-10H2,1-4H3. The van der Waals surface area contributed by atoms with E-state index < -0.39 is 10.0 Å². The highest BCUT2D eigenvalue weighted by atomic mass is 32.2. The van der Waals surface area contributed by atoms with Crippen LogP contribution in [0.2, 0.25) is 0 Å². The first-order valence-electron chi connectivity index (χ1n) is 9.35. The molecule has 1 aliphatic rings. The minimum absolute atomic E-state index is 0.107. The molecule has 0 N–H and O–H groups in total. The van der Waals surface area contributed by atoms with Crippen LogP contribution in [0.25, 0.3) is 0 Å². The molecule has 29 heavy (non-hydrogen) atoms. The number of aryl methyl sites for hydroxylation is 2. The van der Waals surface area contributed by atoms with Gasteiger partial charge in [0.05, 0.1) is 14.2 Å². The second-order valence-electron chi connectivity index (χ2n) is 7.02. The van der Waals surface area contributed by atoms with Crippen LogP contribution >= 0.6 is 0 Å². The van der Waals surface area contributed by atoms with E-state index in [4.69, 9.17) is 9.47 Å². The van der Waals surface area contributed by atoms with Gasteiger partial charge in [-0.05, 0) is 49.2 Å². The van der Waals surface area contributed by atoms with E-state index in [9.17, 15) is 13.2 Å². The van der Waals surface area contributed by atoms with Crippen molar-refractivity contribution in [3.63, 3.8) is 0 Å². The van der Waals surface area contributed by atoms with Crippen molar-refractivity contribution in [3.05, 3.63) is 47.0 Å². The lowest BCUT2D eigenvalue weighted by atomic mass is 10.0. The van der Waals surface area contributed by atoms with E-state index >= 15 is 0 Å². The molecular formula is C21H26N2O5S. The van der Waals surface area contributed by atoms with Gasteiger partial charge >= 0.3 is 0 Å². The maximum Gasteiger partial charge on any atom is 0.247 e. The van der Waals surface area contributed by atoms with Crippen LogP contribution in [0.3, 0.4) is 0 Å². The molecule has 0 saturated carbocycles. The van der Waals surface area contributed by atoms with E-state index in [0.717, 1.165) is 23.1 Å². The highest BCUT2D eigenvalue weighted by Crippen LogP contribution is 2.32. The molecule has 1 fully saturated rings. The fourth-order valence-electron chi connectivity index (χ4n) is 3.58. The van der Waals surface area contributed by atoms with Crippen molar-refractivity contribution in [3.8, 4) is 11.5 Å². The highest BCUT2D eigenvalue weighted by molar-refractivity contribution is 7.89. The summed E-state index contributed by atoms with van der Waals surface area (Å²) in [5, 5.41) is 0. The van der Waals surface area contributed by atoms with Crippen molar-refractivity contribution >= 4 is 22.0 Å². The molecule has 0 atom stereocenters. The van der Waals surface area contributed by atoms with Gasteiger partial charge in [0, 0.05) is 43.5 Å². The lowest BCUT2D eigenvalue weighted by Crippen LogP contribution is -2.49. The average Bonchev–Trinajstić information content (AvgIpc) is 2.74. The van der Waals surface area contributed by atoms with E-state index in [2.05, 4.69) is 4.90 Å². The summed E-state index contributed by atoms with van der Waals surface area (Å²) in [6, 6.07) is 8.63. The minimum atomic E-state index is -3.72. The van der Waals surface area contributed by atoms with Crippen molar-refractivity contribution in [1.82, 2.24) is 4.31 Å². The topological polar surface area (TPSA) is 76.2 Å². The normalized spacial score (nSPS) is 15.2. The predicted octanol–water partition coefficient (Wildman–Crippen LogP) is 2.64. The van der Waals surface area contributed by atoms with E-state index in [1.807, 2.05) is 26.0 Å². The van der Waals surface area contributed by atoms with E-state index in [1.165, 1.54) is 24.6 Å². The van der Waals surface area contributed by atoms with Gasteiger partial charge in [-0.15, -0.1) is 0 Å². The molecule has 7 nitrogen and oxygen atoms in total. The molecule has 0 aromatic heterocycles. The summed E-state index contributed by atoms with van der Waals surface area (Å²) in [7, 11) is -0.768. The number of benzene rings is 2. The fourth-order valence-corrected chi connectivity index (χ4v) is 5.18. The van der Waals surface area contributed by atoms with Gasteiger partial charge in [0.25, 0.3) is 0 Å². The van der Waals surface area contributed by atoms with E-state index in [0.29, 0.717) is 43.2 Å². The van der Waals surface area contributed by atoms with Crippen LogP contribution in [0.5, 0.6) is 11.5 Å². The summed E-state index contributed by atoms with van der Waals surface area (Å²) in [6.45, 7) is 5.71. The Bertz CT molecular complexity index is 1010. The Labute approximate surface area is 171 Å². The number of carbonyl (C=O) groups excluding carboxylic acids is 1. The number of ether oxygens (including phenoxy) is 2. The van der Waals surface area contributed by atoms with E-state index in [-0.39, 0.29) is 4.90 Å². The van der Waals surface area contributed by atoms with Gasteiger partial charge in [-0.3, -0.25) is 4.79 Å². The van der Waals surface area contributed by atoms with Gasteiger partial charge in [0.15, 0.2) is 0 Å². The molecule has 2 aromatic rings. The van der Waals surface area contributed by atoms with Crippen LogP contribution in [0.1, 0.15) is 21.5 Å². The first-order valence-corrected chi connectivity index (χ1v) is 10.8. The monoisotopic (exact) mass is 418 g/mol. The number of piperazine rings is 1. The predicted molar refractivity (Wildman–Crippen MR) is 112 cm³/mol. The van der Waals surface area contributed by atoms with Gasteiger partial charge in [-0.1, -0.05) is 0 Å². The largest absolute Gasteiger partial charge is 0.497 e. The third kappa shape index (κ3) is 4.09. The van der Waals surface area contributed by atoms with Crippen LogP contribution in [-0.2, 0) is 10.0 Å². The lowest BCUT2D eigenvalue weighted by molar-refractivity contribution is 0.112. The quantitative estimate of drug-likeness (QED) is 0.672. The third-order valence-electron chi connectivity index (χ3n) is 5.28. The summed E-state index contributed by atoms with van der Waals surface area (Å²) < 4.78 is 38.4. The molecule has 0 spiro atoms. The fraction of sp³-hybridized carbons (Fsp3) is 0.381. The number of nitrogens with zero attached hydrogens (tertiary/aromatic N) is 2. The number of anilines is 1. The summed E-state index contributed by atoms with van der Waals surface area (Å²) in [6.07, 6.45) is 0.859. The van der Waals surface area contributed by atoms with Crippen LogP contribution in [-0.4, -0.2) is 59.4 Å². The van der Waals surface area contributed by atoms with Crippen molar-refractivity contribution in [1.29, 1.82) is 0 Å². The third-order valence-corrected chi connectivity index (χ3v) is 7.20. The molecule has 0 aliphatic carbocycles. The number of hydrogen-bond donors (Lipinski definition) is 0. The molecular weight excluding hydrogens is 392 g/mol. The second-order valence-corrected chi connectivity index (χ2v) is 8.93. The zero-order valence-electron chi connectivity index (χ0n) is 17.1. The van der Waals surface area contributed by atoms with Crippen LogP contribution in [0.4, 0.5) is 5.69 Å². The summed E-state index contributed by atoms with van der Waals surface area (Å²) in [4.78, 5) is 13.4. The number of methoxy groups -OCH3 is 2.